The molecule has 3 aromatic rings. The summed E-state index contributed by atoms with van der Waals surface area (Å²) < 4.78 is 27.2. The highest BCUT2D eigenvalue weighted by Crippen LogP contribution is 2.24. The number of para-hydroxylation sites is 1. The molecule has 2 aromatic carbocycles. The molecule has 4 nitrogen and oxygen atoms in total. The quantitative estimate of drug-likeness (QED) is 0.691. The minimum atomic E-state index is -3.37. The molecule has 0 saturated carbocycles. The van der Waals surface area contributed by atoms with E-state index in [4.69, 9.17) is 0 Å². The summed E-state index contributed by atoms with van der Waals surface area (Å²) in [6.07, 6.45) is 2.88. The summed E-state index contributed by atoms with van der Waals surface area (Å²) in [6, 6.07) is 16.6. The Labute approximate surface area is 143 Å². The van der Waals surface area contributed by atoms with Gasteiger partial charge in [0.05, 0.1) is 4.90 Å². The highest BCUT2D eigenvalue weighted by molar-refractivity contribution is 7.90. The van der Waals surface area contributed by atoms with Gasteiger partial charge in [0.25, 0.3) is 0 Å². The van der Waals surface area contributed by atoms with Crippen LogP contribution >= 0.6 is 0 Å². The van der Waals surface area contributed by atoms with Gasteiger partial charge in [0.1, 0.15) is 5.88 Å². The Morgan fingerprint density at radius 3 is 2.33 bits per heavy atom. The average molecular weight is 342 g/mol. The summed E-state index contributed by atoms with van der Waals surface area (Å²) in [6.45, 7) is 0.930. The van der Waals surface area contributed by atoms with E-state index in [1.165, 1.54) is 5.56 Å². The molecule has 5 heteroatoms. The maximum absolute atomic E-state index is 12.7. The fraction of sp³-hybridized carbons (Fsp3) is 0.263. The summed E-state index contributed by atoms with van der Waals surface area (Å²) >= 11 is 0. The van der Waals surface area contributed by atoms with E-state index in [0.717, 1.165) is 23.9 Å². The van der Waals surface area contributed by atoms with E-state index in [1.54, 1.807) is 24.3 Å². The van der Waals surface area contributed by atoms with Gasteiger partial charge in [-0.1, -0.05) is 36.4 Å². The van der Waals surface area contributed by atoms with Crippen LogP contribution in [0.1, 0.15) is 5.56 Å². The first-order valence-electron chi connectivity index (χ1n) is 7.97. The fourth-order valence-electron chi connectivity index (χ4n) is 2.86. The Balaban J connectivity index is 1.98. The minimum absolute atomic E-state index is 0.0422. The van der Waals surface area contributed by atoms with E-state index in [2.05, 4.69) is 11.0 Å². The number of nitrogens with zero attached hydrogens (tertiary/aromatic N) is 2. The van der Waals surface area contributed by atoms with Gasteiger partial charge in [-0.05, 0) is 44.3 Å². The van der Waals surface area contributed by atoms with Crippen LogP contribution < -0.4 is 0 Å². The van der Waals surface area contributed by atoms with Crippen LogP contribution in [0.3, 0.4) is 0 Å². The zero-order valence-corrected chi connectivity index (χ0v) is 14.8. The van der Waals surface area contributed by atoms with Gasteiger partial charge in [0.2, 0.25) is 0 Å². The van der Waals surface area contributed by atoms with Gasteiger partial charge < -0.3 is 9.47 Å². The first-order chi connectivity index (χ1) is 11.5. The highest BCUT2D eigenvalue weighted by Gasteiger charge is 2.17. The molecule has 0 spiro atoms. The summed E-state index contributed by atoms with van der Waals surface area (Å²) in [5.41, 5.74) is 2.15. The zero-order chi connectivity index (χ0) is 17.2. The van der Waals surface area contributed by atoms with E-state index in [9.17, 15) is 8.42 Å². The molecule has 0 aliphatic heterocycles. The van der Waals surface area contributed by atoms with E-state index in [0.29, 0.717) is 4.90 Å². The Bertz CT molecular complexity index is 928. The Kier molecular flexibility index (Phi) is 4.73. The van der Waals surface area contributed by atoms with Crippen LogP contribution in [-0.2, 0) is 22.1 Å². The van der Waals surface area contributed by atoms with Crippen LogP contribution in [0.4, 0.5) is 0 Å². The van der Waals surface area contributed by atoms with Crippen molar-refractivity contribution in [1.29, 1.82) is 0 Å². The lowest BCUT2D eigenvalue weighted by Crippen LogP contribution is -2.15. The molecule has 3 rings (SSSR count). The largest absolute Gasteiger partial charge is 0.332 e. The second-order valence-electron chi connectivity index (χ2n) is 6.25. The summed E-state index contributed by atoms with van der Waals surface area (Å²) in [5, 5.41) is 1.13. The molecular weight excluding hydrogens is 320 g/mol. The number of aromatic nitrogens is 1. The summed E-state index contributed by atoms with van der Waals surface area (Å²) in [7, 11) is 0.711. The highest BCUT2D eigenvalue weighted by atomic mass is 32.2. The van der Waals surface area contributed by atoms with Crippen molar-refractivity contribution in [3.05, 3.63) is 66.4 Å². The lowest BCUT2D eigenvalue weighted by Gasteiger charge is -2.08. The molecule has 0 radical (unpaired) electrons. The SMILES string of the molecule is CN(C)CCc1cn(CS(=O)(=O)c2ccccc2)c2ccccc12. The third-order valence-electron chi connectivity index (χ3n) is 4.11. The predicted octanol–water partition coefficient (Wildman–Crippen LogP) is 3.18. The maximum Gasteiger partial charge on any atom is 0.196 e. The van der Waals surface area contributed by atoms with Crippen LogP contribution in [-0.4, -0.2) is 38.5 Å². The Morgan fingerprint density at radius 2 is 1.62 bits per heavy atom. The third-order valence-corrected chi connectivity index (χ3v) is 5.72. The number of sulfone groups is 1. The van der Waals surface area contributed by atoms with E-state index in [1.807, 2.05) is 49.1 Å². The van der Waals surface area contributed by atoms with Gasteiger partial charge in [-0.15, -0.1) is 0 Å². The number of hydrogen-bond acceptors (Lipinski definition) is 3. The zero-order valence-electron chi connectivity index (χ0n) is 14.0. The second kappa shape index (κ2) is 6.79. The molecule has 1 aromatic heterocycles. The van der Waals surface area contributed by atoms with Crippen LogP contribution in [0, 0.1) is 0 Å². The number of fused-ring (bicyclic) bond motifs is 1. The molecule has 0 aliphatic rings. The van der Waals surface area contributed by atoms with Crippen molar-refractivity contribution >= 4 is 20.7 Å². The fourth-order valence-corrected chi connectivity index (χ4v) is 4.16. The molecule has 0 aliphatic carbocycles. The van der Waals surface area contributed by atoms with Crippen molar-refractivity contribution in [1.82, 2.24) is 9.47 Å². The molecule has 126 valence electrons. The topological polar surface area (TPSA) is 42.3 Å². The minimum Gasteiger partial charge on any atom is -0.332 e. The molecule has 0 N–H and O–H groups in total. The smallest absolute Gasteiger partial charge is 0.196 e. The average Bonchev–Trinajstić information content (AvgIpc) is 2.91. The molecule has 0 amide bonds. The molecule has 24 heavy (non-hydrogen) atoms. The number of hydrogen-bond donors (Lipinski definition) is 0. The molecule has 0 saturated heterocycles. The van der Waals surface area contributed by atoms with Gasteiger partial charge in [-0.2, -0.15) is 0 Å². The van der Waals surface area contributed by atoms with Crippen molar-refractivity contribution in [2.45, 2.75) is 17.2 Å². The van der Waals surface area contributed by atoms with Crippen LogP contribution in [0.2, 0.25) is 0 Å². The molecular formula is C19H22N2O2S. The van der Waals surface area contributed by atoms with Crippen molar-refractivity contribution in [2.75, 3.05) is 20.6 Å². The number of likely N-dealkylation sites (N-methyl/N-ethyl adjacent to an activating group) is 1. The van der Waals surface area contributed by atoms with E-state index in [-0.39, 0.29) is 5.88 Å². The lowest BCUT2D eigenvalue weighted by atomic mass is 10.1. The number of benzene rings is 2. The van der Waals surface area contributed by atoms with Gasteiger partial charge in [0.15, 0.2) is 9.84 Å². The van der Waals surface area contributed by atoms with Gasteiger partial charge >= 0.3 is 0 Å². The molecule has 1 heterocycles. The molecule has 0 unspecified atom stereocenters. The van der Waals surface area contributed by atoms with E-state index < -0.39 is 9.84 Å². The first-order valence-corrected chi connectivity index (χ1v) is 9.62. The van der Waals surface area contributed by atoms with Crippen LogP contribution in [0.5, 0.6) is 0 Å². The molecule has 0 atom stereocenters. The van der Waals surface area contributed by atoms with Gasteiger partial charge in [0, 0.05) is 23.6 Å². The summed E-state index contributed by atoms with van der Waals surface area (Å²) in [4.78, 5) is 2.49. The third kappa shape index (κ3) is 3.52. The lowest BCUT2D eigenvalue weighted by molar-refractivity contribution is 0.414. The van der Waals surface area contributed by atoms with Crippen molar-refractivity contribution in [3.63, 3.8) is 0 Å². The first kappa shape index (κ1) is 16.7. The number of rotatable bonds is 6. The van der Waals surface area contributed by atoms with Crippen LogP contribution in [0.25, 0.3) is 10.9 Å². The second-order valence-corrected chi connectivity index (χ2v) is 8.21. The Hall–Kier alpha value is -2.11. The van der Waals surface area contributed by atoms with Crippen molar-refractivity contribution in [3.8, 4) is 0 Å². The normalized spacial score (nSPS) is 12.1. The van der Waals surface area contributed by atoms with Gasteiger partial charge in [-0.25, -0.2) is 8.42 Å². The molecule has 0 fully saturated rings. The predicted molar refractivity (Wildman–Crippen MR) is 97.8 cm³/mol. The van der Waals surface area contributed by atoms with Crippen LogP contribution in [0.15, 0.2) is 65.7 Å². The Morgan fingerprint density at radius 1 is 0.958 bits per heavy atom. The standard InChI is InChI=1S/C19H22N2O2S/c1-20(2)13-12-16-14-21(19-11-7-6-10-18(16)19)15-24(22,23)17-8-4-3-5-9-17/h3-11,14H,12-13,15H2,1-2H3. The monoisotopic (exact) mass is 342 g/mol. The van der Waals surface area contributed by atoms with Gasteiger partial charge in [-0.3, -0.25) is 0 Å². The van der Waals surface area contributed by atoms with E-state index >= 15 is 0 Å². The molecule has 0 bridgehead atoms. The van der Waals surface area contributed by atoms with Crippen molar-refractivity contribution < 1.29 is 8.42 Å². The maximum atomic E-state index is 12.7. The summed E-state index contributed by atoms with van der Waals surface area (Å²) in [5.74, 6) is -0.0422. The van der Waals surface area contributed by atoms with Crippen molar-refractivity contribution in [2.24, 2.45) is 0 Å².